The summed E-state index contributed by atoms with van der Waals surface area (Å²) in [5.41, 5.74) is 0.595. The van der Waals surface area contributed by atoms with Crippen molar-refractivity contribution in [1.82, 2.24) is 0 Å². The van der Waals surface area contributed by atoms with Gasteiger partial charge in [0.25, 0.3) is 0 Å². The molecule has 2 atom stereocenters. The first-order valence-electron chi connectivity index (χ1n) is 7.49. The molecule has 1 nitrogen and oxygen atoms in total. The van der Waals surface area contributed by atoms with Gasteiger partial charge in [0.2, 0.25) is 0 Å². The van der Waals surface area contributed by atoms with Crippen LogP contribution < -0.4 is 29.6 Å². The van der Waals surface area contributed by atoms with Gasteiger partial charge in [-0.1, -0.05) is 55.4 Å². The first kappa shape index (κ1) is 23.8. The molecule has 0 N–H and O–H groups in total. The molecule has 0 radical (unpaired) electrons. The molecule has 2 unspecified atom stereocenters. The molecule has 0 aromatic heterocycles. The van der Waals surface area contributed by atoms with E-state index >= 15 is 0 Å². The third-order valence-corrected chi connectivity index (χ3v) is 6.36. The maximum atomic E-state index is 12.6. The molecule has 4 heteroatoms. The molecule has 0 aromatic carbocycles. The Morgan fingerprint density at radius 3 is 1.30 bits per heavy atom. The normalized spacial score (nSPS) is 18.9. The van der Waals surface area contributed by atoms with E-state index in [0.717, 1.165) is 25.2 Å². The Kier molecular flexibility index (Phi) is 10.7. The van der Waals surface area contributed by atoms with Crippen molar-refractivity contribution in [3.8, 4) is 0 Å². The maximum absolute atomic E-state index is 12.6. The molecule has 0 saturated heterocycles. The monoisotopic (exact) mass is 328 g/mol. The van der Waals surface area contributed by atoms with Gasteiger partial charge in [0.15, 0.2) is 0 Å². The van der Waals surface area contributed by atoms with Crippen LogP contribution in [0.15, 0.2) is 0 Å². The van der Waals surface area contributed by atoms with Crippen molar-refractivity contribution < 1.29 is 34.1 Å². The zero-order valence-electron chi connectivity index (χ0n) is 15.2. The molecule has 20 heavy (non-hydrogen) atoms. The van der Waals surface area contributed by atoms with E-state index in [1.807, 2.05) is 0 Å². The van der Waals surface area contributed by atoms with Crippen LogP contribution in [-0.2, 0) is 16.8 Å². The minimum absolute atomic E-state index is 0. The average Bonchev–Trinajstić information content (AvgIpc) is 1.89. The predicted molar refractivity (Wildman–Crippen MR) is 91.2 cm³/mol. The molecule has 0 aliphatic rings. The van der Waals surface area contributed by atoms with Gasteiger partial charge in [0.1, 0.15) is 0 Å². The second kappa shape index (κ2) is 9.02. The van der Waals surface area contributed by atoms with Crippen LogP contribution in [0.5, 0.6) is 0 Å². The van der Waals surface area contributed by atoms with Crippen LogP contribution in [-0.4, -0.2) is 12.3 Å². The Balaban J connectivity index is 0. The van der Waals surface area contributed by atoms with E-state index in [2.05, 4.69) is 55.4 Å². The quantitative estimate of drug-likeness (QED) is 0.424. The molecule has 0 saturated carbocycles. The molecule has 0 aromatic rings. The Morgan fingerprint density at radius 2 is 1.10 bits per heavy atom. The van der Waals surface area contributed by atoms with Crippen molar-refractivity contribution in [2.24, 2.45) is 22.7 Å². The Morgan fingerprint density at radius 1 is 0.850 bits per heavy atom. The second-order valence-corrected chi connectivity index (χ2v) is 13.3. The Labute approximate surface area is 155 Å². The van der Waals surface area contributed by atoms with Crippen LogP contribution in [0.4, 0.5) is 0 Å². The van der Waals surface area contributed by atoms with Crippen LogP contribution in [0.3, 0.4) is 0 Å². The fraction of sp³-hybridized carbons (Fsp3) is 1.00. The first-order valence-corrected chi connectivity index (χ1v) is 10.6. The molecule has 0 aliphatic carbocycles. The summed E-state index contributed by atoms with van der Waals surface area (Å²) in [7, 11) is 0. The van der Waals surface area contributed by atoms with Gasteiger partial charge < -0.3 is 16.8 Å². The summed E-state index contributed by atoms with van der Waals surface area (Å²) < 4.78 is 12.6. The molecule has 0 rings (SSSR count). The second-order valence-electron chi connectivity index (χ2n) is 8.92. The van der Waals surface area contributed by atoms with Gasteiger partial charge in [0.05, 0.1) is 0 Å². The van der Waals surface area contributed by atoms with E-state index in [1.165, 1.54) is 0 Å². The minimum atomic E-state index is -2.39. The summed E-state index contributed by atoms with van der Waals surface area (Å²) in [6.45, 7) is 17.8. The standard InChI is InChI=1S/C16H35OPS.Na/c1-13(9-15(3,4)5)11-18(17,19)12-14(2)10-16(6,7)8;/h13-14H,9-12H2,1-8H3,(H,17,19);/q;+1/p-1. The van der Waals surface area contributed by atoms with Crippen molar-refractivity contribution >= 4 is 18.6 Å². The Hall–Kier alpha value is 1.58. The van der Waals surface area contributed by atoms with Gasteiger partial charge in [-0.2, -0.15) is 0 Å². The smallest absolute Gasteiger partial charge is 0.717 e. The van der Waals surface area contributed by atoms with Crippen LogP contribution >= 0.6 is 6.34 Å². The van der Waals surface area contributed by atoms with Crippen molar-refractivity contribution in [2.45, 2.75) is 68.2 Å². The molecular formula is C16H34NaOPS. The van der Waals surface area contributed by atoms with Crippen LogP contribution in [0.1, 0.15) is 68.2 Å². The van der Waals surface area contributed by atoms with Crippen molar-refractivity contribution in [3.63, 3.8) is 0 Å². The molecule has 0 bridgehead atoms. The predicted octanol–water partition coefficient (Wildman–Crippen LogP) is 2.96. The first-order chi connectivity index (χ1) is 8.20. The fourth-order valence-electron chi connectivity index (χ4n) is 3.24. The molecule has 0 spiro atoms. The van der Waals surface area contributed by atoms with E-state index in [-0.39, 0.29) is 29.6 Å². The molecule has 0 heterocycles. The fourth-order valence-corrected chi connectivity index (χ4v) is 7.08. The van der Waals surface area contributed by atoms with Crippen molar-refractivity contribution in [2.75, 3.05) is 12.3 Å². The van der Waals surface area contributed by atoms with Crippen LogP contribution in [0, 0.1) is 22.7 Å². The summed E-state index contributed by atoms with van der Waals surface area (Å²) in [5.74, 6) is 0.926. The molecular weight excluding hydrogens is 294 g/mol. The van der Waals surface area contributed by atoms with E-state index in [1.54, 1.807) is 0 Å². The van der Waals surface area contributed by atoms with E-state index in [0.29, 0.717) is 22.7 Å². The zero-order valence-corrected chi connectivity index (χ0v) is 19.0. The summed E-state index contributed by atoms with van der Waals surface area (Å²) in [6, 6.07) is 0. The largest absolute Gasteiger partial charge is 1.00 e. The number of hydrogen-bond acceptors (Lipinski definition) is 2. The summed E-state index contributed by atoms with van der Waals surface area (Å²) in [4.78, 5) is 0. The molecule has 0 aliphatic heterocycles. The van der Waals surface area contributed by atoms with Gasteiger partial charge in [-0.15, -0.1) is 0 Å². The topological polar surface area (TPSA) is 17.1 Å². The third-order valence-electron chi connectivity index (χ3n) is 3.10. The van der Waals surface area contributed by atoms with E-state index in [9.17, 15) is 4.57 Å². The number of rotatable bonds is 6. The summed E-state index contributed by atoms with van der Waals surface area (Å²) in [6.07, 6.45) is 1.26. The van der Waals surface area contributed by atoms with Gasteiger partial charge in [0, 0.05) is 0 Å². The van der Waals surface area contributed by atoms with Gasteiger partial charge in [-0.25, -0.2) is 0 Å². The molecule has 0 fully saturated rings. The van der Waals surface area contributed by atoms with E-state index in [4.69, 9.17) is 12.2 Å². The van der Waals surface area contributed by atoms with Crippen LogP contribution in [0.25, 0.3) is 0 Å². The zero-order chi connectivity index (χ0) is 15.5. The SMILES string of the molecule is CC(CC(C)(C)C)CP(=O)([S-])CC(C)CC(C)(C)C.[Na+]. The van der Waals surface area contributed by atoms with Crippen molar-refractivity contribution in [1.29, 1.82) is 0 Å². The van der Waals surface area contributed by atoms with Gasteiger partial charge in [-0.05, 0) is 54.2 Å². The van der Waals surface area contributed by atoms with Crippen molar-refractivity contribution in [3.05, 3.63) is 0 Å². The summed E-state index contributed by atoms with van der Waals surface area (Å²) in [5, 5.41) is 0. The van der Waals surface area contributed by atoms with Gasteiger partial charge in [-0.3, -0.25) is 0 Å². The van der Waals surface area contributed by atoms with Gasteiger partial charge >= 0.3 is 29.6 Å². The Bertz CT molecular complexity index is 289. The number of hydrogen-bond donors (Lipinski definition) is 0. The maximum Gasteiger partial charge on any atom is 1.00 e. The van der Waals surface area contributed by atoms with E-state index < -0.39 is 6.34 Å². The molecule has 0 amide bonds. The summed E-state index contributed by atoms with van der Waals surface area (Å²) >= 11 is 5.43. The van der Waals surface area contributed by atoms with Crippen LogP contribution in [0.2, 0.25) is 0 Å². The molecule has 116 valence electrons. The third kappa shape index (κ3) is 14.5. The average molecular weight is 328 g/mol. The minimum Gasteiger partial charge on any atom is -0.717 e.